The van der Waals surface area contributed by atoms with Crippen molar-refractivity contribution in [1.82, 2.24) is 20.1 Å². The molecule has 0 saturated carbocycles. The van der Waals surface area contributed by atoms with Crippen LogP contribution in [-0.4, -0.2) is 26.7 Å². The lowest BCUT2D eigenvalue weighted by Gasteiger charge is -2.16. The Morgan fingerprint density at radius 1 is 1.53 bits per heavy atom. The number of amides is 1. The van der Waals surface area contributed by atoms with E-state index in [2.05, 4.69) is 15.5 Å². The number of nitrogens with zero attached hydrogens (tertiary/aromatic N) is 2. The van der Waals surface area contributed by atoms with Crippen molar-refractivity contribution < 1.29 is 4.79 Å². The fourth-order valence-electron chi connectivity index (χ4n) is 1.77. The maximum atomic E-state index is 12.1. The number of aromatic amines is 1. The second-order valence-electron chi connectivity index (χ2n) is 4.54. The van der Waals surface area contributed by atoms with Gasteiger partial charge in [-0.3, -0.25) is 14.5 Å². The lowest BCUT2D eigenvalue weighted by atomic mass is 10.2. The molecular formula is C12H16N4OS2. The topological polar surface area (TPSA) is 62.7 Å². The molecule has 0 fully saturated rings. The molecule has 1 atom stereocenters. The maximum absolute atomic E-state index is 12.1. The zero-order chi connectivity index (χ0) is 14.0. The number of aromatic nitrogens is 3. The predicted molar refractivity (Wildman–Crippen MR) is 78.7 cm³/mol. The summed E-state index contributed by atoms with van der Waals surface area (Å²) in [4.78, 5) is 13.1. The first-order chi connectivity index (χ1) is 9.00. The second kappa shape index (κ2) is 5.66. The second-order valence-corrected chi connectivity index (χ2v) is 5.87. The maximum Gasteiger partial charge on any atom is 0.243 e. The molecule has 0 saturated heterocycles. The molecule has 1 unspecified atom stereocenters. The van der Waals surface area contributed by atoms with Gasteiger partial charge in [0.15, 0.2) is 10.6 Å². The summed E-state index contributed by atoms with van der Waals surface area (Å²) < 4.78 is 2.20. The quantitative estimate of drug-likeness (QED) is 0.853. The molecule has 2 heterocycles. The third-order valence-corrected chi connectivity index (χ3v) is 3.80. The average Bonchev–Trinajstić information content (AvgIpc) is 2.95. The molecule has 0 bridgehead atoms. The summed E-state index contributed by atoms with van der Waals surface area (Å²) in [5.74, 6) is 0.636. The van der Waals surface area contributed by atoms with Gasteiger partial charge in [-0.2, -0.15) is 5.10 Å². The molecule has 102 valence electrons. The predicted octanol–water partition coefficient (Wildman–Crippen LogP) is 2.75. The van der Waals surface area contributed by atoms with Crippen molar-refractivity contribution in [2.24, 2.45) is 0 Å². The van der Waals surface area contributed by atoms with E-state index in [-0.39, 0.29) is 11.9 Å². The van der Waals surface area contributed by atoms with Crippen molar-refractivity contribution in [3.05, 3.63) is 22.3 Å². The van der Waals surface area contributed by atoms with Crippen LogP contribution in [0.1, 0.15) is 26.8 Å². The molecule has 2 N–H and O–H groups in total. The van der Waals surface area contributed by atoms with Crippen molar-refractivity contribution in [3.63, 3.8) is 0 Å². The lowest BCUT2D eigenvalue weighted by molar-refractivity contribution is -0.124. The minimum absolute atomic E-state index is 0.0645. The Morgan fingerprint density at radius 3 is 2.84 bits per heavy atom. The molecule has 0 aliphatic carbocycles. The number of hydrogen-bond acceptors (Lipinski definition) is 4. The highest BCUT2D eigenvalue weighted by Gasteiger charge is 2.21. The molecule has 2 aromatic rings. The number of thiophene rings is 1. The van der Waals surface area contributed by atoms with Gasteiger partial charge in [0.05, 0.1) is 4.88 Å². The highest BCUT2D eigenvalue weighted by molar-refractivity contribution is 7.71. The third-order valence-electron chi connectivity index (χ3n) is 2.64. The van der Waals surface area contributed by atoms with Gasteiger partial charge in [-0.15, -0.1) is 11.3 Å². The van der Waals surface area contributed by atoms with Crippen LogP contribution < -0.4 is 5.32 Å². The minimum Gasteiger partial charge on any atom is -0.352 e. The van der Waals surface area contributed by atoms with Crippen LogP contribution in [0.25, 0.3) is 10.7 Å². The summed E-state index contributed by atoms with van der Waals surface area (Å²) >= 11 is 6.79. The molecule has 2 rings (SSSR count). The fourth-order valence-corrected chi connectivity index (χ4v) is 2.77. The van der Waals surface area contributed by atoms with Crippen LogP contribution in [-0.2, 0) is 4.79 Å². The van der Waals surface area contributed by atoms with E-state index in [0.29, 0.717) is 10.6 Å². The van der Waals surface area contributed by atoms with Gasteiger partial charge >= 0.3 is 0 Å². The zero-order valence-electron chi connectivity index (χ0n) is 11.0. The Bertz CT molecular complexity index is 612. The number of carbonyl (C=O) groups excluding carboxylic acids is 1. The van der Waals surface area contributed by atoms with E-state index in [1.807, 2.05) is 38.3 Å². The van der Waals surface area contributed by atoms with Crippen molar-refractivity contribution in [2.45, 2.75) is 32.9 Å². The first kappa shape index (κ1) is 14.0. The number of rotatable bonds is 4. The normalized spacial score (nSPS) is 12.6. The summed E-state index contributed by atoms with van der Waals surface area (Å²) in [6.07, 6.45) is 0. The Hall–Kier alpha value is -1.47. The van der Waals surface area contributed by atoms with Crippen LogP contribution in [0.3, 0.4) is 0 Å². The third kappa shape index (κ3) is 2.93. The van der Waals surface area contributed by atoms with Crippen LogP contribution in [0.5, 0.6) is 0 Å². The van der Waals surface area contributed by atoms with Crippen molar-refractivity contribution in [1.29, 1.82) is 0 Å². The van der Waals surface area contributed by atoms with E-state index in [4.69, 9.17) is 12.2 Å². The smallest absolute Gasteiger partial charge is 0.243 e. The van der Waals surface area contributed by atoms with E-state index < -0.39 is 6.04 Å². The van der Waals surface area contributed by atoms with E-state index in [0.717, 1.165) is 4.88 Å². The van der Waals surface area contributed by atoms with E-state index >= 15 is 0 Å². The standard InChI is InChI=1S/C12H16N4OS2/c1-7(2)13-11(17)8(3)16-10(14-15-12(16)18)9-5-4-6-19-9/h4-8H,1-3H3,(H,13,17)(H,15,18). The monoisotopic (exact) mass is 296 g/mol. The SMILES string of the molecule is CC(C)NC(=O)C(C)n1c(-c2cccs2)n[nH]c1=S. The van der Waals surface area contributed by atoms with Gasteiger partial charge in [-0.05, 0) is 44.4 Å². The van der Waals surface area contributed by atoms with E-state index in [9.17, 15) is 4.79 Å². The van der Waals surface area contributed by atoms with Gasteiger partial charge in [0.1, 0.15) is 6.04 Å². The summed E-state index contributed by atoms with van der Waals surface area (Å²) in [6.45, 7) is 5.68. The van der Waals surface area contributed by atoms with Crippen LogP contribution in [0.2, 0.25) is 0 Å². The highest BCUT2D eigenvalue weighted by Crippen LogP contribution is 2.25. The first-order valence-electron chi connectivity index (χ1n) is 6.02. The molecule has 5 nitrogen and oxygen atoms in total. The van der Waals surface area contributed by atoms with Gasteiger partial charge in [0, 0.05) is 6.04 Å². The molecule has 0 aromatic carbocycles. The Labute approximate surface area is 120 Å². The Balaban J connectivity index is 2.37. The molecule has 7 heteroatoms. The Morgan fingerprint density at radius 2 is 2.26 bits per heavy atom. The first-order valence-corrected chi connectivity index (χ1v) is 7.30. The molecular weight excluding hydrogens is 280 g/mol. The summed E-state index contributed by atoms with van der Waals surface area (Å²) in [5, 5.41) is 11.8. The zero-order valence-corrected chi connectivity index (χ0v) is 12.6. The highest BCUT2D eigenvalue weighted by atomic mass is 32.1. The molecule has 0 aliphatic rings. The average molecular weight is 296 g/mol. The van der Waals surface area contributed by atoms with Gasteiger partial charge in [0.25, 0.3) is 0 Å². The summed E-state index contributed by atoms with van der Waals surface area (Å²) in [7, 11) is 0. The van der Waals surface area contributed by atoms with Gasteiger partial charge in [0.2, 0.25) is 5.91 Å². The van der Waals surface area contributed by atoms with E-state index in [1.54, 1.807) is 15.9 Å². The van der Waals surface area contributed by atoms with Gasteiger partial charge < -0.3 is 5.32 Å². The molecule has 19 heavy (non-hydrogen) atoms. The number of carbonyl (C=O) groups is 1. The van der Waals surface area contributed by atoms with Crippen molar-refractivity contribution >= 4 is 29.5 Å². The summed E-state index contributed by atoms with van der Waals surface area (Å²) in [5.41, 5.74) is 0. The number of hydrogen-bond donors (Lipinski definition) is 2. The van der Waals surface area contributed by atoms with Gasteiger partial charge in [-0.1, -0.05) is 6.07 Å². The number of nitrogens with one attached hydrogen (secondary N) is 2. The summed E-state index contributed by atoms with van der Waals surface area (Å²) in [6, 6.07) is 3.60. The molecule has 2 aromatic heterocycles. The van der Waals surface area contributed by atoms with E-state index in [1.165, 1.54) is 0 Å². The van der Waals surface area contributed by atoms with Crippen molar-refractivity contribution in [3.8, 4) is 10.7 Å². The minimum atomic E-state index is -0.397. The molecule has 0 spiro atoms. The largest absolute Gasteiger partial charge is 0.352 e. The van der Waals surface area contributed by atoms with Gasteiger partial charge in [-0.25, -0.2) is 0 Å². The van der Waals surface area contributed by atoms with Crippen LogP contribution in [0.4, 0.5) is 0 Å². The van der Waals surface area contributed by atoms with Crippen LogP contribution in [0, 0.1) is 4.77 Å². The van der Waals surface area contributed by atoms with Crippen LogP contribution >= 0.6 is 23.6 Å². The Kier molecular flexibility index (Phi) is 4.16. The van der Waals surface area contributed by atoms with Crippen molar-refractivity contribution in [2.75, 3.05) is 0 Å². The molecule has 0 aliphatic heterocycles. The lowest BCUT2D eigenvalue weighted by Crippen LogP contribution is -2.35. The number of H-pyrrole nitrogens is 1. The fraction of sp³-hybridized carbons (Fsp3) is 0.417. The van der Waals surface area contributed by atoms with Crippen LogP contribution in [0.15, 0.2) is 17.5 Å². The molecule has 1 amide bonds. The molecule has 0 radical (unpaired) electrons.